The van der Waals surface area contributed by atoms with E-state index in [9.17, 15) is 116 Å². The molecule has 28 N–H and O–H groups in total. The van der Waals surface area contributed by atoms with Crippen LogP contribution < -0.4 is 104 Å². The van der Waals surface area contributed by atoms with Crippen molar-refractivity contribution in [3.05, 3.63) is 0 Å². The Hall–Kier alpha value is -11.2. The van der Waals surface area contributed by atoms with E-state index in [4.69, 9.17) is 34.4 Å². The molecule has 0 unspecified atom stereocenters. The van der Waals surface area contributed by atoms with Crippen molar-refractivity contribution >= 4 is 124 Å². The number of carbonyl (C=O) groups is 21. The maximum atomic E-state index is 14.5. The smallest absolute Gasteiger partial charge is 0.326 e. The van der Waals surface area contributed by atoms with Gasteiger partial charge in [0.15, 0.2) is 0 Å². The maximum Gasteiger partial charge on any atom is 0.326 e. The highest BCUT2D eigenvalue weighted by atomic mass is 16.4. The van der Waals surface area contributed by atoms with Crippen LogP contribution in [0.1, 0.15) is 200 Å². The number of rotatable bonds is 57. The van der Waals surface area contributed by atoms with Crippen molar-refractivity contribution in [1.29, 1.82) is 0 Å². The summed E-state index contributed by atoms with van der Waals surface area (Å²) in [4.78, 5) is 280. The van der Waals surface area contributed by atoms with Crippen LogP contribution in [0, 0.1) is 41.4 Å². The molecule has 0 aliphatic rings. The molecule has 17 atom stereocenters. The molecule has 0 saturated carbocycles. The van der Waals surface area contributed by atoms with Gasteiger partial charge in [-0.1, -0.05) is 116 Å². The molecule has 43 heteroatoms. The highest BCUT2D eigenvalue weighted by molar-refractivity contribution is 6.02. The molecule has 0 aliphatic carbocycles. The van der Waals surface area contributed by atoms with E-state index < -0.39 is 296 Å². The van der Waals surface area contributed by atoms with Gasteiger partial charge in [-0.25, -0.2) is 4.79 Å². The third kappa shape index (κ3) is 39.4. The van der Waals surface area contributed by atoms with Crippen LogP contribution in [0.25, 0.3) is 0 Å². The van der Waals surface area contributed by atoms with Gasteiger partial charge in [0, 0.05) is 25.7 Å². The Kier molecular flexibility index (Phi) is 46.5. The zero-order valence-corrected chi connectivity index (χ0v) is 67.8. The van der Waals surface area contributed by atoms with E-state index in [0.717, 1.165) is 0 Å². The quantitative estimate of drug-likeness (QED) is 0.0270. The Bertz CT molecular complexity index is 3450. The number of carbonyl (C=O) groups excluding carboxylic acids is 18. The molecule has 0 aromatic rings. The average molecular weight is 1640 g/mol. The van der Waals surface area contributed by atoms with Gasteiger partial charge in [-0.15, -0.1) is 0 Å². The zero-order chi connectivity index (χ0) is 88.8. The first kappa shape index (κ1) is 104. The lowest BCUT2D eigenvalue weighted by Crippen LogP contribution is -2.62. The number of nitrogens with one attached hydrogen (secondary N) is 13. The first-order valence-corrected chi connectivity index (χ1v) is 38.1. The summed E-state index contributed by atoms with van der Waals surface area (Å²) < 4.78 is 0. The van der Waals surface area contributed by atoms with E-state index in [1.54, 1.807) is 55.4 Å². The van der Waals surface area contributed by atoms with Gasteiger partial charge in [-0.05, 0) is 80.0 Å². The van der Waals surface area contributed by atoms with Crippen LogP contribution in [-0.4, -0.2) is 224 Å². The number of hydrogen-bond acceptors (Lipinski definition) is 22. The van der Waals surface area contributed by atoms with E-state index in [2.05, 4.69) is 69.1 Å². The molecule has 0 fully saturated rings. The molecule has 0 rings (SSSR count). The molecule has 0 aliphatic heterocycles. The number of nitrogens with two attached hydrogens (primary N) is 6. The van der Waals surface area contributed by atoms with E-state index in [1.807, 2.05) is 0 Å². The second kappa shape index (κ2) is 51.5. The summed E-state index contributed by atoms with van der Waals surface area (Å²) in [5.41, 5.74) is 32.9. The lowest BCUT2D eigenvalue weighted by Gasteiger charge is -2.31. The summed E-state index contributed by atoms with van der Waals surface area (Å²) in [5, 5.41) is 60.5. The average Bonchev–Trinajstić information content (AvgIpc) is 0.866. The van der Waals surface area contributed by atoms with Gasteiger partial charge in [0.05, 0.1) is 25.3 Å². The number of carboxylic acid groups (broad SMARTS) is 3. The number of aliphatic carboxylic acids is 3. The van der Waals surface area contributed by atoms with Crippen LogP contribution in [0.5, 0.6) is 0 Å². The first-order valence-electron chi connectivity index (χ1n) is 38.1. The van der Waals surface area contributed by atoms with Crippen LogP contribution in [0.15, 0.2) is 0 Å². The summed E-state index contributed by atoms with van der Waals surface area (Å²) in [6.45, 7) is 22.0. The minimum Gasteiger partial charge on any atom is -0.481 e. The minimum atomic E-state index is -2.17. The molecule has 0 aromatic heterocycles. The molecule has 0 saturated heterocycles. The fourth-order valence-corrected chi connectivity index (χ4v) is 11.3. The molecule has 0 bridgehead atoms. The summed E-state index contributed by atoms with van der Waals surface area (Å²) >= 11 is 0. The topological polar surface area (TPSA) is 732 Å². The van der Waals surface area contributed by atoms with Crippen molar-refractivity contribution in [3.63, 3.8) is 0 Å². The Morgan fingerprint density at radius 3 is 0.809 bits per heavy atom. The predicted molar refractivity (Wildman–Crippen MR) is 410 cm³/mol. The second-order valence-electron chi connectivity index (χ2n) is 30.2. The summed E-state index contributed by atoms with van der Waals surface area (Å²) in [6.07, 6.45) is -6.47. The predicted octanol–water partition coefficient (Wildman–Crippen LogP) is -5.87. The lowest BCUT2D eigenvalue weighted by atomic mass is 9.95. The van der Waals surface area contributed by atoms with Crippen LogP contribution in [0.4, 0.5) is 0 Å². The summed E-state index contributed by atoms with van der Waals surface area (Å²) in [7, 11) is 0. The Morgan fingerprint density at radius 1 is 0.261 bits per heavy atom. The summed E-state index contributed by atoms with van der Waals surface area (Å²) in [6, 6.07) is -23.3. The zero-order valence-electron chi connectivity index (χ0n) is 67.8. The fourth-order valence-electron chi connectivity index (χ4n) is 11.3. The third-order valence-corrected chi connectivity index (χ3v) is 18.6. The Labute approximate surface area is 667 Å². The van der Waals surface area contributed by atoms with Gasteiger partial charge in [0.25, 0.3) is 0 Å². The second-order valence-corrected chi connectivity index (χ2v) is 30.2. The largest absolute Gasteiger partial charge is 0.481 e. The molecular formula is C72H123N19O24. The number of amides is 18. The first-order chi connectivity index (χ1) is 53.3. The van der Waals surface area contributed by atoms with E-state index >= 15 is 0 Å². The van der Waals surface area contributed by atoms with Gasteiger partial charge in [-0.2, -0.15) is 0 Å². The van der Waals surface area contributed by atoms with Crippen LogP contribution >= 0.6 is 0 Å². The lowest BCUT2D eigenvalue weighted by molar-refractivity contribution is -0.144. The van der Waals surface area contributed by atoms with E-state index in [0.29, 0.717) is 0 Å². The number of hydrogen-bond donors (Lipinski definition) is 22. The molecule has 650 valence electrons. The molecule has 0 heterocycles. The van der Waals surface area contributed by atoms with Crippen LogP contribution in [-0.2, 0) is 101 Å². The van der Waals surface area contributed by atoms with Crippen molar-refractivity contribution in [2.75, 3.05) is 0 Å². The molecule has 0 radical (unpaired) electrons. The van der Waals surface area contributed by atoms with Crippen LogP contribution in [0.3, 0.4) is 0 Å². The highest BCUT2D eigenvalue weighted by Crippen LogP contribution is 2.18. The maximum absolute atomic E-state index is 14.5. The molecule has 0 spiro atoms. The Morgan fingerprint density at radius 2 is 0.504 bits per heavy atom. The van der Waals surface area contributed by atoms with Gasteiger partial charge >= 0.3 is 17.9 Å². The monoisotopic (exact) mass is 1640 g/mol. The van der Waals surface area contributed by atoms with Gasteiger partial charge in [-0.3, -0.25) is 95.9 Å². The molecule has 18 amide bonds. The minimum absolute atomic E-state index is 0.0706. The van der Waals surface area contributed by atoms with Crippen molar-refractivity contribution in [2.45, 2.75) is 284 Å². The van der Waals surface area contributed by atoms with Gasteiger partial charge < -0.3 is 119 Å². The molecule has 43 nitrogen and oxygen atoms in total. The van der Waals surface area contributed by atoms with Crippen LogP contribution in [0.2, 0.25) is 0 Å². The van der Waals surface area contributed by atoms with Crippen molar-refractivity contribution < 1.29 is 116 Å². The number of carboxylic acids is 3. The SMILES string of the molecule is CC[C@H](C)[C@H](NC(=O)[C@H](CCC(N)=O)NC(=O)[C@H](CC(N)=O)NC(=O)[C@@H](NC(=O)[C@H](CCC(=O)O)NC(=O)[C@H](CC(=O)O)NC(=O)[C@@H](NC(=O)[C@H](CC(N)=O)NC(=O)[C@@H](NC(=O)[C@H](CC(C)C)NC(=O)[C@H](CCC(N)=O)NC(=O)[C@@H](NC(=O)[C@H](CC(C)C)NC(=O)[C@@H](N)CCC(N)=O)[C@@H](C)CC)[C@@H](C)CC)C(C)C)C(C)C)C(=O)O. The van der Waals surface area contributed by atoms with Crippen molar-refractivity contribution in [1.82, 2.24) is 69.1 Å². The van der Waals surface area contributed by atoms with E-state index in [1.165, 1.54) is 41.5 Å². The van der Waals surface area contributed by atoms with Gasteiger partial charge in [0.2, 0.25) is 106 Å². The summed E-state index contributed by atoms with van der Waals surface area (Å²) in [5.74, 6) is -28.8. The molecule has 0 aromatic carbocycles. The standard InChI is InChI=1S/C72H123N19O24/c1-15-35(12)56(89-65(107)42(26-31(4)5)82-59(101)38(73)18-22-47(74)92)70(112)81-39(19-23-48(75)93)60(102)83-43(27-32(6)7)66(108)90-57(36(13)16-2)71(113)85-45(29-51(78)96)67(109)88-55(34(10)11)69(111)86-46(30-53(99)100)64(106)80-41(21-25-52(97)98)61(103)87-54(33(8)9)68(110)84-44(28-50(77)95)63(105)79-40(20-24-49(76)94)62(104)91-58(72(114)115)37(14)17-3/h31-46,54-58H,15-30,73H2,1-14H3,(H2,74,92)(H2,75,93)(H2,76,94)(H2,77,95)(H2,78,96)(H,79,105)(H,80,106)(H,81,112)(H,82,101)(H,83,102)(H,84,110)(H,85,113)(H,86,111)(H,87,103)(H,88,109)(H,89,107)(H,90,108)(H,91,104)(H,97,98)(H,99,100)(H,114,115)/t35-,36-,37-,38-,39-,40-,41-,42-,43-,44-,45-,46-,54-,55-,56-,57-,58-/m0/s1. The Balaban J connectivity index is 7.20. The highest BCUT2D eigenvalue weighted by Gasteiger charge is 2.41. The fraction of sp³-hybridized carbons (Fsp3) is 0.708. The van der Waals surface area contributed by atoms with Crippen molar-refractivity contribution in [2.24, 2.45) is 75.8 Å². The third-order valence-electron chi connectivity index (χ3n) is 18.6. The molecule has 115 heavy (non-hydrogen) atoms. The van der Waals surface area contributed by atoms with Gasteiger partial charge in [0.1, 0.15) is 78.5 Å². The molecular weight excluding hydrogens is 1510 g/mol. The normalized spacial score (nSPS) is 15.7. The van der Waals surface area contributed by atoms with Crippen molar-refractivity contribution in [3.8, 4) is 0 Å². The number of primary amides is 5. The van der Waals surface area contributed by atoms with E-state index in [-0.39, 0.29) is 56.8 Å².